The summed E-state index contributed by atoms with van der Waals surface area (Å²) < 4.78 is 20.7. The number of esters is 1. The molecular formula is C16H26O12. The molecule has 0 amide bonds. The molecule has 12 nitrogen and oxygen atoms in total. The molecule has 0 unspecified atom stereocenters. The van der Waals surface area contributed by atoms with E-state index in [1.807, 2.05) is 0 Å². The molecule has 0 bridgehead atoms. The van der Waals surface area contributed by atoms with E-state index >= 15 is 0 Å². The van der Waals surface area contributed by atoms with Gasteiger partial charge in [-0.2, -0.15) is 0 Å². The van der Waals surface area contributed by atoms with Gasteiger partial charge >= 0.3 is 5.97 Å². The van der Waals surface area contributed by atoms with Crippen LogP contribution in [-0.4, -0.2) is 116 Å². The van der Waals surface area contributed by atoms with Crippen LogP contribution in [-0.2, 0) is 23.7 Å². The van der Waals surface area contributed by atoms with Gasteiger partial charge in [0.05, 0.1) is 6.61 Å². The Labute approximate surface area is 160 Å². The third-order valence-corrected chi connectivity index (χ3v) is 4.62. The van der Waals surface area contributed by atoms with Crippen molar-refractivity contribution in [1.82, 2.24) is 0 Å². The molecule has 2 heterocycles. The van der Waals surface area contributed by atoms with E-state index in [1.54, 1.807) is 0 Å². The number of rotatable bonds is 7. The molecule has 0 aromatic rings. The lowest BCUT2D eigenvalue weighted by atomic mass is 9.99. The molecule has 0 spiro atoms. The molecule has 28 heavy (non-hydrogen) atoms. The number of ether oxygens (including phenoxy) is 4. The Morgan fingerprint density at radius 1 is 1.04 bits per heavy atom. The van der Waals surface area contributed by atoms with Crippen molar-refractivity contribution in [2.75, 3.05) is 19.8 Å². The highest BCUT2D eigenvalue weighted by Crippen LogP contribution is 2.36. The maximum Gasteiger partial charge on any atom is 0.333 e. The quantitative estimate of drug-likeness (QED) is 0.158. The van der Waals surface area contributed by atoms with Crippen molar-refractivity contribution < 1.29 is 59.5 Å². The molecule has 0 aromatic heterocycles. The summed E-state index contributed by atoms with van der Waals surface area (Å²) in [6, 6.07) is 0. The predicted molar refractivity (Wildman–Crippen MR) is 87.3 cm³/mol. The number of aliphatic hydroxyl groups excluding tert-OH is 7. The molecule has 2 aliphatic rings. The highest BCUT2D eigenvalue weighted by atomic mass is 16.8. The first-order valence-corrected chi connectivity index (χ1v) is 8.53. The van der Waals surface area contributed by atoms with Crippen LogP contribution in [0.4, 0.5) is 0 Å². The first-order valence-electron chi connectivity index (χ1n) is 8.53. The second kappa shape index (κ2) is 9.09. The van der Waals surface area contributed by atoms with Gasteiger partial charge in [0, 0.05) is 5.57 Å². The molecule has 12 heteroatoms. The Hall–Kier alpha value is -1.19. The zero-order valence-corrected chi connectivity index (χ0v) is 15.1. The average Bonchev–Trinajstić information content (AvgIpc) is 2.92. The molecule has 0 aromatic carbocycles. The Balaban J connectivity index is 2.14. The molecule has 0 aliphatic carbocycles. The molecule has 2 saturated heterocycles. The van der Waals surface area contributed by atoms with E-state index in [0.717, 1.165) is 0 Å². The minimum atomic E-state index is -2.28. The van der Waals surface area contributed by atoms with Crippen molar-refractivity contribution in [3.05, 3.63) is 12.2 Å². The van der Waals surface area contributed by atoms with E-state index in [9.17, 15) is 40.5 Å². The Morgan fingerprint density at radius 2 is 1.68 bits per heavy atom. The van der Waals surface area contributed by atoms with Crippen LogP contribution >= 0.6 is 0 Å². The molecule has 2 rings (SSSR count). The van der Waals surface area contributed by atoms with Gasteiger partial charge in [-0.05, 0) is 6.92 Å². The van der Waals surface area contributed by atoms with Gasteiger partial charge in [0.25, 0.3) is 0 Å². The number of hydrogen-bond donors (Lipinski definition) is 7. The summed E-state index contributed by atoms with van der Waals surface area (Å²) in [5.41, 5.74) is 0.0874. The molecule has 0 saturated carbocycles. The maximum atomic E-state index is 11.5. The zero-order valence-electron chi connectivity index (χ0n) is 15.1. The Bertz CT molecular complexity index is 570. The third-order valence-electron chi connectivity index (χ3n) is 4.62. The van der Waals surface area contributed by atoms with E-state index in [4.69, 9.17) is 18.9 Å². The topological polar surface area (TPSA) is 196 Å². The third kappa shape index (κ3) is 4.36. The minimum absolute atomic E-state index is 0.0874. The van der Waals surface area contributed by atoms with E-state index in [0.29, 0.717) is 0 Å². The highest BCUT2D eigenvalue weighted by molar-refractivity contribution is 5.86. The number of aliphatic hydroxyl groups is 7. The molecule has 9 atom stereocenters. The van der Waals surface area contributed by atoms with Crippen LogP contribution in [0.15, 0.2) is 12.2 Å². The smallest absolute Gasteiger partial charge is 0.333 e. The van der Waals surface area contributed by atoms with Crippen LogP contribution in [0.5, 0.6) is 0 Å². The summed E-state index contributed by atoms with van der Waals surface area (Å²) in [5.74, 6) is -3.05. The SMILES string of the molecule is C=C(C)C(=O)OC[C@H]1O[C@H](O[C@]2(CO)O[C@H](CO)[C@@H](O)[C@@H]2O)[C@H](O)[C@@H](O)[C@@H]1O. The van der Waals surface area contributed by atoms with E-state index in [1.165, 1.54) is 6.92 Å². The van der Waals surface area contributed by atoms with Gasteiger partial charge in [0.2, 0.25) is 5.79 Å². The first kappa shape index (κ1) is 23.1. The second-order valence-corrected chi connectivity index (χ2v) is 6.76. The van der Waals surface area contributed by atoms with Crippen LogP contribution in [0.25, 0.3) is 0 Å². The normalized spacial score (nSPS) is 43.7. The van der Waals surface area contributed by atoms with E-state index < -0.39 is 80.6 Å². The van der Waals surface area contributed by atoms with Crippen LogP contribution < -0.4 is 0 Å². The number of carbonyl (C=O) groups excluding carboxylic acids is 1. The second-order valence-electron chi connectivity index (χ2n) is 6.76. The Kier molecular flexibility index (Phi) is 7.50. The van der Waals surface area contributed by atoms with Crippen LogP contribution in [0.1, 0.15) is 6.92 Å². The monoisotopic (exact) mass is 410 g/mol. The van der Waals surface area contributed by atoms with Crippen molar-refractivity contribution in [2.24, 2.45) is 0 Å². The van der Waals surface area contributed by atoms with Gasteiger partial charge in [-0.3, -0.25) is 0 Å². The molecule has 2 fully saturated rings. The van der Waals surface area contributed by atoms with Crippen molar-refractivity contribution in [2.45, 2.75) is 61.7 Å². The zero-order chi connectivity index (χ0) is 21.2. The van der Waals surface area contributed by atoms with Crippen molar-refractivity contribution in [1.29, 1.82) is 0 Å². The van der Waals surface area contributed by atoms with Gasteiger partial charge in [0.15, 0.2) is 6.29 Å². The molecule has 162 valence electrons. The van der Waals surface area contributed by atoms with Gasteiger partial charge in [-0.25, -0.2) is 4.79 Å². The molecular weight excluding hydrogens is 384 g/mol. The minimum Gasteiger partial charge on any atom is -0.459 e. The highest BCUT2D eigenvalue weighted by Gasteiger charge is 2.58. The van der Waals surface area contributed by atoms with Crippen molar-refractivity contribution in [3.63, 3.8) is 0 Å². The average molecular weight is 410 g/mol. The standard InChI is InChI=1S/C16H26O12/c1-6(2)14(24)25-4-8-9(19)11(21)12(22)15(26-8)28-16(5-18)13(23)10(20)7(3-17)27-16/h7-13,15,17-23H,1,3-5H2,2H3/t7-,8-,9-,10-,11+,12-,13+,15-,16+/m1/s1. The summed E-state index contributed by atoms with van der Waals surface area (Å²) in [5, 5.41) is 69.0. The van der Waals surface area contributed by atoms with Gasteiger partial charge in [-0.15, -0.1) is 0 Å². The predicted octanol–water partition coefficient (Wildman–Crippen LogP) is -4.27. The lowest BCUT2D eigenvalue weighted by Crippen LogP contribution is -2.62. The number of hydrogen-bond acceptors (Lipinski definition) is 12. The first-order chi connectivity index (χ1) is 13.1. The lowest BCUT2D eigenvalue weighted by Gasteiger charge is -2.43. The fraction of sp³-hybridized carbons (Fsp3) is 0.812. The van der Waals surface area contributed by atoms with Gasteiger partial charge < -0.3 is 54.7 Å². The fourth-order valence-corrected chi connectivity index (χ4v) is 2.90. The summed E-state index contributed by atoms with van der Waals surface area (Å²) in [6.45, 7) is 2.58. The van der Waals surface area contributed by atoms with Gasteiger partial charge in [-0.1, -0.05) is 6.58 Å². The lowest BCUT2D eigenvalue weighted by molar-refractivity contribution is -0.383. The number of carbonyl (C=O) groups is 1. The molecule has 7 N–H and O–H groups in total. The van der Waals surface area contributed by atoms with Gasteiger partial charge in [0.1, 0.15) is 55.9 Å². The van der Waals surface area contributed by atoms with E-state index in [-0.39, 0.29) is 5.57 Å². The molecule has 2 aliphatic heterocycles. The van der Waals surface area contributed by atoms with Crippen LogP contribution in [0.2, 0.25) is 0 Å². The maximum absolute atomic E-state index is 11.5. The molecule has 0 radical (unpaired) electrons. The van der Waals surface area contributed by atoms with Crippen LogP contribution in [0.3, 0.4) is 0 Å². The summed E-state index contributed by atoms with van der Waals surface area (Å²) >= 11 is 0. The summed E-state index contributed by atoms with van der Waals surface area (Å²) in [6.07, 6.45) is -13.1. The van der Waals surface area contributed by atoms with E-state index in [2.05, 4.69) is 6.58 Å². The fourth-order valence-electron chi connectivity index (χ4n) is 2.90. The Morgan fingerprint density at radius 3 is 2.18 bits per heavy atom. The van der Waals surface area contributed by atoms with Crippen LogP contribution in [0, 0.1) is 0 Å². The van der Waals surface area contributed by atoms with Crippen molar-refractivity contribution in [3.8, 4) is 0 Å². The van der Waals surface area contributed by atoms with Crippen molar-refractivity contribution >= 4 is 5.97 Å². The largest absolute Gasteiger partial charge is 0.459 e. The summed E-state index contributed by atoms with van der Waals surface area (Å²) in [4.78, 5) is 11.5. The summed E-state index contributed by atoms with van der Waals surface area (Å²) in [7, 11) is 0.